The standard InChI is InChI=1S/C22H21ClN2O4/c1-13(2)12-25-21(26)19(14-3-5-15(23)6-4-14)20(22(25)27)24-16-7-8-17-18(11-16)29-10-9-28-17/h3-8,11,13,24H,9-10,12H2,1-2H3. The topological polar surface area (TPSA) is 67.9 Å². The highest BCUT2D eigenvalue weighted by molar-refractivity contribution is 6.36. The number of carbonyl (C=O) groups is 2. The van der Waals surface area contributed by atoms with Gasteiger partial charge in [0.1, 0.15) is 18.9 Å². The summed E-state index contributed by atoms with van der Waals surface area (Å²) in [6.45, 7) is 5.25. The number of halogens is 1. The second kappa shape index (κ2) is 7.79. The predicted octanol–water partition coefficient (Wildman–Crippen LogP) is 3.96. The summed E-state index contributed by atoms with van der Waals surface area (Å²) in [7, 11) is 0. The number of nitrogens with one attached hydrogen (secondary N) is 1. The van der Waals surface area contributed by atoms with Gasteiger partial charge in [-0.05, 0) is 35.7 Å². The minimum Gasteiger partial charge on any atom is -0.486 e. The van der Waals surface area contributed by atoms with E-state index in [1.165, 1.54) is 4.90 Å². The lowest BCUT2D eigenvalue weighted by molar-refractivity contribution is -0.137. The Hall–Kier alpha value is -2.99. The van der Waals surface area contributed by atoms with Crippen molar-refractivity contribution in [1.29, 1.82) is 0 Å². The van der Waals surface area contributed by atoms with Gasteiger partial charge in [0.2, 0.25) is 0 Å². The van der Waals surface area contributed by atoms with Gasteiger partial charge in [0.05, 0.1) is 5.57 Å². The molecule has 0 saturated carbocycles. The second-order valence-corrected chi connectivity index (χ2v) is 7.79. The van der Waals surface area contributed by atoms with Crippen LogP contribution in [0.15, 0.2) is 48.2 Å². The van der Waals surface area contributed by atoms with Gasteiger partial charge in [-0.2, -0.15) is 0 Å². The SMILES string of the molecule is CC(C)CN1C(=O)C(Nc2ccc3c(c2)OCCO3)=C(c2ccc(Cl)cc2)C1=O. The highest BCUT2D eigenvalue weighted by Crippen LogP contribution is 2.35. The summed E-state index contributed by atoms with van der Waals surface area (Å²) >= 11 is 5.99. The van der Waals surface area contributed by atoms with Crippen LogP contribution in [0.4, 0.5) is 5.69 Å². The van der Waals surface area contributed by atoms with Gasteiger partial charge in [0.25, 0.3) is 11.8 Å². The van der Waals surface area contributed by atoms with Gasteiger partial charge in [-0.3, -0.25) is 14.5 Å². The zero-order valence-corrected chi connectivity index (χ0v) is 17.0. The number of amides is 2. The van der Waals surface area contributed by atoms with E-state index in [0.29, 0.717) is 53.1 Å². The first-order valence-corrected chi connectivity index (χ1v) is 9.85. The molecule has 0 aliphatic carbocycles. The van der Waals surface area contributed by atoms with E-state index in [4.69, 9.17) is 21.1 Å². The molecule has 0 bridgehead atoms. The van der Waals surface area contributed by atoms with Gasteiger partial charge in [0, 0.05) is 23.3 Å². The fourth-order valence-corrected chi connectivity index (χ4v) is 3.50. The molecule has 1 N–H and O–H groups in total. The molecule has 7 heteroatoms. The Bertz CT molecular complexity index is 998. The van der Waals surface area contributed by atoms with E-state index in [1.54, 1.807) is 42.5 Å². The van der Waals surface area contributed by atoms with Crippen molar-refractivity contribution in [2.75, 3.05) is 25.1 Å². The van der Waals surface area contributed by atoms with Crippen LogP contribution in [0.1, 0.15) is 19.4 Å². The number of rotatable bonds is 5. The lowest BCUT2D eigenvalue weighted by atomic mass is 10.0. The first kappa shape index (κ1) is 19.3. The maximum absolute atomic E-state index is 13.1. The van der Waals surface area contributed by atoms with Crippen LogP contribution in [-0.2, 0) is 9.59 Å². The summed E-state index contributed by atoms with van der Waals surface area (Å²) < 4.78 is 11.2. The zero-order valence-electron chi connectivity index (χ0n) is 16.2. The molecule has 0 unspecified atom stereocenters. The average Bonchev–Trinajstić information content (AvgIpc) is 2.93. The first-order chi connectivity index (χ1) is 13.9. The second-order valence-electron chi connectivity index (χ2n) is 7.36. The molecule has 2 heterocycles. The molecule has 2 amide bonds. The van der Waals surface area contributed by atoms with Crippen molar-refractivity contribution in [1.82, 2.24) is 4.90 Å². The lowest BCUT2D eigenvalue weighted by Crippen LogP contribution is -2.35. The smallest absolute Gasteiger partial charge is 0.278 e. The predicted molar refractivity (Wildman–Crippen MR) is 111 cm³/mol. The summed E-state index contributed by atoms with van der Waals surface area (Å²) in [5, 5.41) is 3.70. The Morgan fingerprint density at radius 1 is 1.00 bits per heavy atom. The van der Waals surface area contributed by atoms with E-state index in [1.807, 2.05) is 13.8 Å². The van der Waals surface area contributed by atoms with Gasteiger partial charge in [-0.15, -0.1) is 0 Å². The number of hydrogen-bond acceptors (Lipinski definition) is 5. The number of fused-ring (bicyclic) bond motifs is 1. The third kappa shape index (κ3) is 3.80. The molecule has 4 rings (SSSR count). The number of benzene rings is 2. The summed E-state index contributed by atoms with van der Waals surface area (Å²) in [6, 6.07) is 12.2. The molecule has 2 aromatic rings. The first-order valence-electron chi connectivity index (χ1n) is 9.47. The molecule has 0 aromatic heterocycles. The van der Waals surface area contributed by atoms with Gasteiger partial charge >= 0.3 is 0 Å². The van der Waals surface area contributed by atoms with Crippen LogP contribution in [0, 0.1) is 5.92 Å². The molecule has 0 atom stereocenters. The number of ether oxygens (including phenoxy) is 2. The zero-order chi connectivity index (χ0) is 20.5. The lowest BCUT2D eigenvalue weighted by Gasteiger charge is -2.19. The highest BCUT2D eigenvalue weighted by Gasteiger charge is 2.39. The van der Waals surface area contributed by atoms with Crippen LogP contribution in [0.3, 0.4) is 0 Å². The number of nitrogens with zero attached hydrogens (tertiary/aromatic N) is 1. The van der Waals surface area contributed by atoms with Crippen LogP contribution in [-0.4, -0.2) is 36.5 Å². The number of hydrogen-bond donors (Lipinski definition) is 1. The molecule has 29 heavy (non-hydrogen) atoms. The average molecular weight is 413 g/mol. The number of anilines is 1. The Balaban J connectivity index is 1.74. The Kier molecular flexibility index (Phi) is 5.20. The van der Waals surface area contributed by atoms with Crippen LogP contribution < -0.4 is 14.8 Å². The van der Waals surface area contributed by atoms with E-state index in [-0.39, 0.29) is 23.4 Å². The molecule has 0 spiro atoms. The molecular formula is C22H21ClN2O4. The van der Waals surface area contributed by atoms with E-state index >= 15 is 0 Å². The highest BCUT2D eigenvalue weighted by atomic mass is 35.5. The van der Waals surface area contributed by atoms with Crippen LogP contribution in [0.25, 0.3) is 5.57 Å². The molecule has 150 valence electrons. The number of imide groups is 1. The Morgan fingerprint density at radius 3 is 2.38 bits per heavy atom. The van der Waals surface area contributed by atoms with Crippen molar-refractivity contribution in [2.24, 2.45) is 5.92 Å². The molecule has 2 aromatic carbocycles. The van der Waals surface area contributed by atoms with E-state index < -0.39 is 0 Å². The van der Waals surface area contributed by atoms with E-state index in [9.17, 15) is 9.59 Å². The minimum atomic E-state index is -0.344. The van der Waals surface area contributed by atoms with Crippen molar-refractivity contribution in [3.63, 3.8) is 0 Å². The Labute approximate surface area is 174 Å². The number of carbonyl (C=O) groups excluding carboxylic acids is 2. The molecule has 0 fully saturated rings. The van der Waals surface area contributed by atoms with Crippen LogP contribution in [0.5, 0.6) is 11.5 Å². The van der Waals surface area contributed by atoms with E-state index in [2.05, 4.69) is 5.32 Å². The van der Waals surface area contributed by atoms with Crippen LogP contribution >= 0.6 is 11.6 Å². The summed E-state index contributed by atoms with van der Waals surface area (Å²) in [5.41, 5.74) is 1.86. The van der Waals surface area contributed by atoms with Gasteiger partial charge in [-0.25, -0.2) is 0 Å². The van der Waals surface area contributed by atoms with Crippen molar-refractivity contribution in [3.05, 3.63) is 58.7 Å². The quantitative estimate of drug-likeness (QED) is 0.753. The fraction of sp³-hybridized carbons (Fsp3) is 0.273. The van der Waals surface area contributed by atoms with Crippen LogP contribution in [0.2, 0.25) is 5.02 Å². The van der Waals surface area contributed by atoms with Gasteiger partial charge in [-0.1, -0.05) is 37.6 Å². The molecule has 2 aliphatic heterocycles. The van der Waals surface area contributed by atoms with Crippen molar-refractivity contribution in [3.8, 4) is 11.5 Å². The maximum atomic E-state index is 13.1. The molecule has 6 nitrogen and oxygen atoms in total. The minimum absolute atomic E-state index is 0.156. The van der Waals surface area contributed by atoms with E-state index in [0.717, 1.165) is 0 Å². The van der Waals surface area contributed by atoms with Crippen molar-refractivity contribution < 1.29 is 19.1 Å². The maximum Gasteiger partial charge on any atom is 0.278 e. The van der Waals surface area contributed by atoms with Crippen molar-refractivity contribution in [2.45, 2.75) is 13.8 Å². The summed E-state index contributed by atoms with van der Waals surface area (Å²) in [4.78, 5) is 27.5. The largest absolute Gasteiger partial charge is 0.486 e. The summed E-state index contributed by atoms with van der Waals surface area (Å²) in [6.07, 6.45) is 0. The third-order valence-electron chi connectivity index (χ3n) is 4.66. The monoisotopic (exact) mass is 412 g/mol. The van der Waals surface area contributed by atoms with Gasteiger partial charge < -0.3 is 14.8 Å². The molecule has 0 radical (unpaired) electrons. The molecule has 2 aliphatic rings. The third-order valence-corrected chi connectivity index (χ3v) is 4.91. The fourth-order valence-electron chi connectivity index (χ4n) is 3.37. The Morgan fingerprint density at radius 2 is 1.69 bits per heavy atom. The normalized spacial score (nSPS) is 16.1. The van der Waals surface area contributed by atoms with Crippen molar-refractivity contribution >= 4 is 34.7 Å². The van der Waals surface area contributed by atoms with Gasteiger partial charge in [0.15, 0.2) is 11.5 Å². The summed E-state index contributed by atoms with van der Waals surface area (Å²) in [5.74, 6) is 0.757. The molecular weight excluding hydrogens is 392 g/mol. The molecule has 0 saturated heterocycles.